The van der Waals surface area contributed by atoms with Crippen LogP contribution < -0.4 is 4.74 Å². The first kappa shape index (κ1) is 10.6. The van der Waals surface area contributed by atoms with Crippen LogP contribution in [0.15, 0.2) is 12.1 Å². The number of fused-ring (bicyclic) bond motifs is 1. The highest BCUT2D eigenvalue weighted by Gasteiger charge is 2.27. The number of carboxylic acids is 1. The Morgan fingerprint density at radius 3 is 2.87 bits per heavy atom. The molecular formula is C10H8Cl2O3. The molecule has 1 atom stereocenters. The molecule has 1 aliphatic rings. The summed E-state index contributed by atoms with van der Waals surface area (Å²) in [6.07, 6.45) is 0.408. The Bertz CT molecular complexity index is 417. The Labute approximate surface area is 96.6 Å². The number of benzene rings is 1. The predicted octanol–water partition coefficient (Wildman–Crippen LogP) is 2.63. The van der Waals surface area contributed by atoms with E-state index in [2.05, 4.69) is 0 Å². The number of halogens is 2. The molecule has 0 spiro atoms. The third kappa shape index (κ3) is 2.03. The predicted molar refractivity (Wildman–Crippen MR) is 56.8 cm³/mol. The van der Waals surface area contributed by atoms with Crippen LogP contribution in [0.3, 0.4) is 0 Å². The summed E-state index contributed by atoms with van der Waals surface area (Å²) < 4.78 is 5.31. The zero-order valence-electron chi connectivity index (χ0n) is 7.67. The summed E-state index contributed by atoms with van der Waals surface area (Å²) >= 11 is 11.7. The normalized spacial score (nSPS) is 19.2. The van der Waals surface area contributed by atoms with Crippen LogP contribution in [0.4, 0.5) is 0 Å². The van der Waals surface area contributed by atoms with Crippen LogP contribution in [0.1, 0.15) is 5.56 Å². The number of rotatable bonds is 1. The van der Waals surface area contributed by atoms with Gasteiger partial charge in [0.2, 0.25) is 0 Å². The molecule has 1 aromatic rings. The maximum Gasteiger partial charge on any atom is 0.310 e. The molecule has 0 aliphatic carbocycles. The SMILES string of the molecule is O=C(O)[C@H]1COc2c(Cl)cc(Cl)cc2C1. The smallest absolute Gasteiger partial charge is 0.310 e. The molecule has 0 radical (unpaired) electrons. The van der Waals surface area contributed by atoms with Crippen molar-refractivity contribution >= 4 is 29.2 Å². The lowest BCUT2D eigenvalue weighted by Crippen LogP contribution is -2.27. The Kier molecular flexibility index (Phi) is 2.76. The molecule has 1 aromatic carbocycles. The minimum atomic E-state index is -0.864. The van der Waals surface area contributed by atoms with Crippen molar-refractivity contribution in [3.05, 3.63) is 27.7 Å². The quantitative estimate of drug-likeness (QED) is 0.829. The van der Waals surface area contributed by atoms with Crippen LogP contribution in [0.2, 0.25) is 10.0 Å². The molecule has 0 bridgehead atoms. The van der Waals surface area contributed by atoms with Gasteiger partial charge in [-0.3, -0.25) is 4.79 Å². The summed E-state index contributed by atoms with van der Waals surface area (Å²) in [5.41, 5.74) is 0.756. The van der Waals surface area contributed by atoms with E-state index < -0.39 is 11.9 Å². The van der Waals surface area contributed by atoms with Gasteiger partial charge < -0.3 is 9.84 Å². The molecule has 5 heteroatoms. The molecule has 1 aliphatic heterocycles. The van der Waals surface area contributed by atoms with Gasteiger partial charge in [-0.2, -0.15) is 0 Å². The largest absolute Gasteiger partial charge is 0.491 e. The number of hydrogen-bond acceptors (Lipinski definition) is 2. The lowest BCUT2D eigenvalue weighted by molar-refractivity contribution is -0.143. The lowest BCUT2D eigenvalue weighted by atomic mass is 9.97. The molecule has 3 nitrogen and oxygen atoms in total. The second-order valence-corrected chi connectivity index (χ2v) is 4.27. The maximum absolute atomic E-state index is 10.8. The fourth-order valence-electron chi connectivity index (χ4n) is 1.59. The number of carbonyl (C=O) groups is 1. The number of ether oxygens (including phenoxy) is 1. The van der Waals surface area contributed by atoms with E-state index in [1.165, 1.54) is 0 Å². The van der Waals surface area contributed by atoms with Crippen molar-refractivity contribution in [1.29, 1.82) is 0 Å². The first-order chi connectivity index (χ1) is 7.08. The average molecular weight is 247 g/mol. The van der Waals surface area contributed by atoms with Gasteiger partial charge in [0.15, 0.2) is 0 Å². The molecule has 0 aromatic heterocycles. The first-order valence-corrected chi connectivity index (χ1v) is 5.17. The van der Waals surface area contributed by atoms with E-state index in [0.717, 1.165) is 5.56 Å². The summed E-state index contributed by atoms with van der Waals surface area (Å²) in [4.78, 5) is 10.8. The highest BCUT2D eigenvalue weighted by Crippen LogP contribution is 2.36. The van der Waals surface area contributed by atoms with Gasteiger partial charge in [-0.15, -0.1) is 0 Å². The van der Waals surface area contributed by atoms with Crippen LogP contribution in [-0.4, -0.2) is 17.7 Å². The number of hydrogen-bond donors (Lipinski definition) is 1. The molecule has 0 saturated heterocycles. The lowest BCUT2D eigenvalue weighted by Gasteiger charge is -2.23. The molecule has 15 heavy (non-hydrogen) atoms. The van der Waals surface area contributed by atoms with Gasteiger partial charge in [0, 0.05) is 5.02 Å². The van der Waals surface area contributed by atoms with E-state index in [0.29, 0.717) is 22.2 Å². The van der Waals surface area contributed by atoms with Gasteiger partial charge in [0.25, 0.3) is 0 Å². The van der Waals surface area contributed by atoms with Gasteiger partial charge in [-0.1, -0.05) is 23.2 Å². The van der Waals surface area contributed by atoms with E-state index in [1.54, 1.807) is 12.1 Å². The second kappa shape index (κ2) is 3.91. The molecule has 0 saturated carbocycles. The van der Waals surface area contributed by atoms with Crippen molar-refractivity contribution in [3.8, 4) is 5.75 Å². The Morgan fingerprint density at radius 1 is 1.47 bits per heavy atom. The molecular weight excluding hydrogens is 239 g/mol. The summed E-state index contributed by atoms with van der Waals surface area (Å²) in [7, 11) is 0. The van der Waals surface area contributed by atoms with E-state index >= 15 is 0 Å². The van der Waals surface area contributed by atoms with Gasteiger partial charge >= 0.3 is 5.97 Å². The van der Waals surface area contributed by atoms with E-state index in [-0.39, 0.29) is 6.61 Å². The third-order valence-electron chi connectivity index (χ3n) is 2.33. The Hall–Kier alpha value is -0.930. The van der Waals surface area contributed by atoms with Crippen molar-refractivity contribution in [3.63, 3.8) is 0 Å². The number of carboxylic acid groups (broad SMARTS) is 1. The van der Waals surface area contributed by atoms with Crippen LogP contribution >= 0.6 is 23.2 Å². The first-order valence-electron chi connectivity index (χ1n) is 4.41. The fraction of sp³-hybridized carbons (Fsp3) is 0.300. The maximum atomic E-state index is 10.8. The molecule has 1 heterocycles. The summed E-state index contributed by atoms with van der Waals surface area (Å²) in [6, 6.07) is 3.28. The fourth-order valence-corrected chi connectivity index (χ4v) is 2.18. The van der Waals surface area contributed by atoms with Crippen LogP contribution in [0.5, 0.6) is 5.75 Å². The van der Waals surface area contributed by atoms with Crippen molar-refractivity contribution in [1.82, 2.24) is 0 Å². The van der Waals surface area contributed by atoms with Gasteiger partial charge in [0.05, 0.1) is 10.9 Å². The van der Waals surface area contributed by atoms with Crippen molar-refractivity contribution < 1.29 is 14.6 Å². The van der Waals surface area contributed by atoms with E-state index in [9.17, 15) is 4.79 Å². The zero-order chi connectivity index (χ0) is 11.0. The second-order valence-electron chi connectivity index (χ2n) is 3.43. The monoisotopic (exact) mass is 246 g/mol. The van der Waals surface area contributed by atoms with Gasteiger partial charge in [-0.05, 0) is 24.1 Å². The topological polar surface area (TPSA) is 46.5 Å². The minimum absolute atomic E-state index is 0.156. The third-order valence-corrected chi connectivity index (χ3v) is 2.83. The van der Waals surface area contributed by atoms with Crippen molar-refractivity contribution in [2.45, 2.75) is 6.42 Å². The summed E-state index contributed by atoms with van der Waals surface area (Å²) in [6.45, 7) is 0.156. The van der Waals surface area contributed by atoms with Crippen LogP contribution in [0.25, 0.3) is 0 Å². The van der Waals surface area contributed by atoms with Gasteiger partial charge in [-0.25, -0.2) is 0 Å². The molecule has 0 amide bonds. The highest BCUT2D eigenvalue weighted by atomic mass is 35.5. The molecule has 80 valence electrons. The van der Waals surface area contributed by atoms with Crippen LogP contribution in [-0.2, 0) is 11.2 Å². The standard InChI is InChI=1S/C10H8Cl2O3/c11-7-2-5-1-6(10(13)14)4-15-9(5)8(12)3-7/h2-3,6H,1,4H2,(H,13,14)/t6-/m1/s1. The zero-order valence-corrected chi connectivity index (χ0v) is 9.18. The summed E-state index contributed by atoms with van der Waals surface area (Å²) in [5, 5.41) is 9.78. The molecule has 1 N–H and O–H groups in total. The molecule has 0 fully saturated rings. The Balaban J connectivity index is 2.37. The highest BCUT2D eigenvalue weighted by molar-refractivity contribution is 6.35. The van der Waals surface area contributed by atoms with Crippen molar-refractivity contribution in [2.75, 3.05) is 6.61 Å². The van der Waals surface area contributed by atoms with Crippen molar-refractivity contribution in [2.24, 2.45) is 5.92 Å². The minimum Gasteiger partial charge on any atom is -0.491 e. The summed E-state index contributed by atoms with van der Waals surface area (Å²) in [5.74, 6) is -0.831. The van der Waals surface area contributed by atoms with E-state index in [4.69, 9.17) is 33.0 Å². The number of aliphatic carboxylic acids is 1. The Morgan fingerprint density at radius 2 is 2.20 bits per heavy atom. The van der Waals surface area contributed by atoms with Gasteiger partial charge in [0.1, 0.15) is 12.4 Å². The van der Waals surface area contributed by atoms with E-state index in [1.807, 2.05) is 0 Å². The molecule has 0 unspecified atom stereocenters. The van der Waals surface area contributed by atoms with Crippen LogP contribution in [0, 0.1) is 5.92 Å². The molecule has 2 rings (SSSR count). The average Bonchev–Trinajstić information content (AvgIpc) is 2.16.